The fourth-order valence-corrected chi connectivity index (χ4v) is 12.4. The van der Waals surface area contributed by atoms with E-state index in [4.69, 9.17) is 0 Å². The highest BCUT2D eigenvalue weighted by atomic mass is 32.2. The van der Waals surface area contributed by atoms with E-state index in [2.05, 4.69) is 279 Å². The second-order valence-corrected chi connectivity index (χ2v) is 31.5. The molecule has 6 aromatic rings. The van der Waals surface area contributed by atoms with Crippen molar-refractivity contribution in [3.63, 3.8) is 0 Å². The molecule has 6 aromatic carbocycles. The van der Waals surface area contributed by atoms with Crippen LogP contribution in [-0.4, -0.2) is 0 Å². The van der Waals surface area contributed by atoms with Gasteiger partial charge in [0.05, 0.1) is 0 Å². The Labute approximate surface area is 452 Å². The van der Waals surface area contributed by atoms with Gasteiger partial charge in [0.25, 0.3) is 0 Å². The van der Waals surface area contributed by atoms with Crippen LogP contribution in [0.2, 0.25) is 0 Å². The van der Waals surface area contributed by atoms with Gasteiger partial charge in [0.2, 0.25) is 0 Å². The topological polar surface area (TPSA) is 0 Å². The van der Waals surface area contributed by atoms with E-state index in [0.29, 0.717) is 0 Å². The first kappa shape index (κ1) is 57.9. The van der Waals surface area contributed by atoms with Crippen LogP contribution in [0.15, 0.2) is 94.7 Å². The molecule has 0 heterocycles. The molecule has 392 valence electrons. The lowest BCUT2D eigenvalue weighted by molar-refractivity contribution is 0.568. The molecule has 0 aliphatic rings. The summed E-state index contributed by atoms with van der Waals surface area (Å²) in [5.74, 6) is 0. The van der Waals surface area contributed by atoms with Gasteiger partial charge in [-0.3, -0.25) is 0 Å². The molecule has 0 unspecified atom stereocenters. The van der Waals surface area contributed by atoms with Gasteiger partial charge in [0, 0.05) is 20.9 Å². The van der Waals surface area contributed by atoms with Gasteiger partial charge in [-0.2, -0.15) is 0 Å². The summed E-state index contributed by atoms with van der Waals surface area (Å²) in [6.45, 7) is 67.1. The SMILES string of the molecule is Cc1cc(C(C)(C)C)c(-c2cccc(Sc3cccc(-c4c(C(C)(C)C)cc(C)cc4C(C)(C)C)c3-c3c(C(C)(C)C)cc(C)cc3C(C)(C)C)c2-c2c(C(C)(C)C)cc(C)cc2C(C)(C)C)c(C(C)(C)C)c1. The molecule has 6 rings (SSSR count). The zero-order chi connectivity index (χ0) is 55.3. The first-order valence-electron chi connectivity index (χ1n) is 27.5. The predicted octanol–water partition coefficient (Wildman–Crippen LogP) is 22.1. The van der Waals surface area contributed by atoms with Crippen molar-refractivity contribution >= 4 is 11.8 Å². The molecule has 0 saturated heterocycles. The fourth-order valence-electron chi connectivity index (χ4n) is 11.3. The van der Waals surface area contributed by atoms with Crippen LogP contribution in [0.5, 0.6) is 0 Å². The normalized spacial score (nSPS) is 13.5. The van der Waals surface area contributed by atoms with Gasteiger partial charge in [0.1, 0.15) is 0 Å². The van der Waals surface area contributed by atoms with Gasteiger partial charge in [-0.15, -0.1) is 0 Å². The standard InChI is InChI=1S/C72H98S/c1-43-35-49(65(5,6)7)59(50(36-43)66(8,9)10)47-31-29-33-57(61(47)63-53(69(17,18)19)39-45(3)40-54(63)70(20,21)22)73-58-34-30-32-48(60-51(67(11,12)13)37-44(2)38-52(60)68(14,15)16)62(58)64-55(71(23,24)25)41-46(4)42-56(64)72(26,27)28/h29-42H,1-28H3. The summed E-state index contributed by atoms with van der Waals surface area (Å²) in [7, 11) is 0. The fraction of sp³-hybridized carbons (Fsp3) is 0.500. The lowest BCUT2D eigenvalue weighted by Gasteiger charge is -2.36. The Morgan fingerprint density at radius 1 is 0.233 bits per heavy atom. The molecule has 0 atom stereocenters. The van der Waals surface area contributed by atoms with Crippen LogP contribution in [0.1, 0.15) is 233 Å². The zero-order valence-electron chi connectivity index (χ0n) is 51.5. The number of hydrogen-bond acceptors (Lipinski definition) is 1. The van der Waals surface area contributed by atoms with Crippen LogP contribution in [0.4, 0.5) is 0 Å². The molecule has 0 saturated carbocycles. The minimum atomic E-state index is -0.141. The number of hydrogen-bond donors (Lipinski definition) is 0. The Morgan fingerprint density at radius 2 is 0.411 bits per heavy atom. The molecule has 0 N–H and O–H groups in total. The first-order chi connectivity index (χ1) is 32.9. The molecule has 0 fully saturated rings. The minimum absolute atomic E-state index is 0.113. The Hall–Kier alpha value is -4.33. The highest BCUT2D eigenvalue weighted by Gasteiger charge is 2.37. The molecule has 0 bridgehead atoms. The van der Waals surface area contributed by atoms with Crippen molar-refractivity contribution < 1.29 is 0 Å². The summed E-state index contributed by atoms with van der Waals surface area (Å²) in [4.78, 5) is 2.57. The molecule has 0 aromatic heterocycles. The minimum Gasteiger partial charge on any atom is -0.0888 e. The van der Waals surface area contributed by atoms with Crippen LogP contribution in [0.3, 0.4) is 0 Å². The zero-order valence-corrected chi connectivity index (χ0v) is 52.3. The number of benzene rings is 6. The maximum Gasteiger partial charge on any atom is 0.0207 e. The summed E-state index contributed by atoms with van der Waals surface area (Å²) in [5, 5.41) is 0. The third-order valence-corrected chi connectivity index (χ3v) is 16.0. The van der Waals surface area contributed by atoms with Crippen LogP contribution in [0, 0.1) is 27.7 Å². The summed E-state index contributed by atoms with van der Waals surface area (Å²) < 4.78 is 0. The third kappa shape index (κ3) is 12.0. The van der Waals surface area contributed by atoms with Gasteiger partial charge >= 0.3 is 0 Å². The van der Waals surface area contributed by atoms with Crippen LogP contribution < -0.4 is 0 Å². The van der Waals surface area contributed by atoms with E-state index in [1.165, 1.54) is 121 Å². The Balaban J connectivity index is 1.99. The monoisotopic (exact) mass is 995 g/mol. The molecule has 0 aliphatic heterocycles. The molecule has 0 aliphatic carbocycles. The third-order valence-electron chi connectivity index (χ3n) is 14.9. The van der Waals surface area contributed by atoms with Crippen molar-refractivity contribution in [3.8, 4) is 44.5 Å². The van der Waals surface area contributed by atoms with Crippen molar-refractivity contribution in [3.05, 3.63) is 152 Å². The molecule has 0 radical (unpaired) electrons. The van der Waals surface area contributed by atoms with E-state index in [1.807, 2.05) is 11.8 Å². The van der Waals surface area contributed by atoms with Crippen molar-refractivity contribution in [1.82, 2.24) is 0 Å². The maximum atomic E-state index is 2.50. The largest absolute Gasteiger partial charge is 0.0888 e. The van der Waals surface area contributed by atoms with E-state index in [0.717, 1.165) is 0 Å². The Morgan fingerprint density at radius 3 is 0.589 bits per heavy atom. The van der Waals surface area contributed by atoms with E-state index < -0.39 is 0 Å². The van der Waals surface area contributed by atoms with E-state index in [-0.39, 0.29) is 43.3 Å². The Bertz CT molecular complexity index is 2700. The number of rotatable bonds is 6. The van der Waals surface area contributed by atoms with Crippen LogP contribution >= 0.6 is 11.8 Å². The van der Waals surface area contributed by atoms with E-state index in [1.54, 1.807) is 0 Å². The van der Waals surface area contributed by atoms with Crippen molar-refractivity contribution in [2.24, 2.45) is 0 Å². The average molecular weight is 996 g/mol. The van der Waals surface area contributed by atoms with Crippen molar-refractivity contribution in [1.29, 1.82) is 0 Å². The van der Waals surface area contributed by atoms with Crippen LogP contribution in [0.25, 0.3) is 44.5 Å². The molecule has 1 heteroatoms. The van der Waals surface area contributed by atoms with Gasteiger partial charge in [-0.25, -0.2) is 0 Å². The summed E-state index contributed by atoms with van der Waals surface area (Å²) in [6.07, 6.45) is 0. The highest BCUT2D eigenvalue weighted by Crippen LogP contribution is 2.56. The second kappa shape index (κ2) is 19.4. The first-order valence-corrected chi connectivity index (χ1v) is 28.3. The average Bonchev–Trinajstić information content (AvgIpc) is 3.20. The molecular formula is C72H98S. The molecule has 0 amide bonds. The lowest BCUT2D eigenvalue weighted by atomic mass is 9.69. The summed E-state index contributed by atoms with van der Waals surface area (Å²) in [6, 6.07) is 34.6. The maximum absolute atomic E-state index is 2.50. The van der Waals surface area contributed by atoms with Crippen LogP contribution in [-0.2, 0) is 43.3 Å². The summed E-state index contributed by atoms with van der Waals surface area (Å²) in [5.41, 5.74) is 26.3. The van der Waals surface area contributed by atoms with Gasteiger partial charge in [-0.05, 0) is 161 Å². The number of aryl methyl sites for hydroxylation is 4. The van der Waals surface area contributed by atoms with E-state index >= 15 is 0 Å². The van der Waals surface area contributed by atoms with Gasteiger partial charge in [-0.1, -0.05) is 273 Å². The predicted molar refractivity (Wildman–Crippen MR) is 327 cm³/mol. The van der Waals surface area contributed by atoms with E-state index in [9.17, 15) is 0 Å². The van der Waals surface area contributed by atoms with Gasteiger partial charge in [0.15, 0.2) is 0 Å². The van der Waals surface area contributed by atoms with Gasteiger partial charge < -0.3 is 0 Å². The Kier molecular flexibility index (Phi) is 15.4. The highest BCUT2D eigenvalue weighted by molar-refractivity contribution is 7.99. The smallest absolute Gasteiger partial charge is 0.0207 e. The molecule has 0 nitrogen and oxygen atoms in total. The quantitative estimate of drug-likeness (QED) is 0.160. The van der Waals surface area contributed by atoms with Crippen molar-refractivity contribution in [2.45, 2.75) is 247 Å². The second-order valence-electron chi connectivity index (χ2n) is 30.4. The molecule has 73 heavy (non-hydrogen) atoms. The summed E-state index contributed by atoms with van der Waals surface area (Å²) >= 11 is 1.99. The van der Waals surface area contributed by atoms with Crippen molar-refractivity contribution in [2.75, 3.05) is 0 Å². The lowest BCUT2D eigenvalue weighted by Crippen LogP contribution is -2.22. The molecule has 0 spiro atoms. The molecular weight excluding hydrogens is 897 g/mol.